The molecule has 0 spiro atoms. The molecular formula is C56H37NO. The number of para-hydroxylation sites is 2. The van der Waals surface area contributed by atoms with E-state index < -0.39 is 0 Å². The van der Waals surface area contributed by atoms with Crippen LogP contribution in [-0.2, 0) is 0 Å². The molecule has 0 radical (unpaired) electrons. The van der Waals surface area contributed by atoms with Gasteiger partial charge in [-0.2, -0.15) is 0 Å². The van der Waals surface area contributed by atoms with Gasteiger partial charge in [0.2, 0.25) is 0 Å². The van der Waals surface area contributed by atoms with Gasteiger partial charge in [-0.25, -0.2) is 0 Å². The zero-order valence-electron chi connectivity index (χ0n) is 31.7. The van der Waals surface area contributed by atoms with Crippen LogP contribution in [0.4, 0.5) is 17.1 Å². The second-order valence-electron chi connectivity index (χ2n) is 14.9. The zero-order chi connectivity index (χ0) is 38.4. The van der Waals surface area contributed by atoms with Gasteiger partial charge in [0.25, 0.3) is 0 Å². The average molecular weight is 740 g/mol. The summed E-state index contributed by atoms with van der Waals surface area (Å²) in [5.41, 5.74) is 14.6. The Labute approximate surface area is 337 Å². The lowest BCUT2D eigenvalue weighted by Crippen LogP contribution is -2.11. The van der Waals surface area contributed by atoms with Gasteiger partial charge < -0.3 is 9.32 Å². The number of rotatable bonds is 7. The minimum atomic E-state index is 0.920. The van der Waals surface area contributed by atoms with Crippen LogP contribution in [0, 0.1) is 0 Å². The summed E-state index contributed by atoms with van der Waals surface area (Å²) < 4.78 is 6.20. The molecule has 1 heterocycles. The molecule has 0 aliphatic heterocycles. The van der Waals surface area contributed by atoms with Crippen molar-refractivity contribution in [1.82, 2.24) is 0 Å². The van der Waals surface area contributed by atoms with E-state index in [1.807, 2.05) is 12.1 Å². The van der Waals surface area contributed by atoms with E-state index in [2.05, 4.69) is 217 Å². The van der Waals surface area contributed by atoms with Crippen molar-refractivity contribution in [2.24, 2.45) is 0 Å². The number of hydrogen-bond acceptors (Lipinski definition) is 2. The third kappa shape index (κ3) is 6.00. The normalized spacial score (nSPS) is 11.4. The van der Waals surface area contributed by atoms with Gasteiger partial charge in [0.15, 0.2) is 0 Å². The molecule has 272 valence electrons. The van der Waals surface area contributed by atoms with E-state index in [9.17, 15) is 0 Å². The fraction of sp³-hybridized carbons (Fsp3) is 0. The Bertz CT molecular complexity index is 3250. The Morgan fingerprint density at radius 2 is 0.810 bits per heavy atom. The average Bonchev–Trinajstić information content (AvgIpc) is 3.69. The topological polar surface area (TPSA) is 16.4 Å². The number of fused-ring (bicyclic) bond motifs is 6. The smallest absolute Gasteiger partial charge is 0.136 e. The van der Waals surface area contributed by atoms with Crippen LogP contribution >= 0.6 is 0 Å². The molecule has 0 saturated heterocycles. The van der Waals surface area contributed by atoms with Gasteiger partial charge in [-0.15, -0.1) is 0 Å². The van der Waals surface area contributed by atoms with Crippen molar-refractivity contribution < 1.29 is 4.42 Å². The van der Waals surface area contributed by atoms with Crippen LogP contribution in [0.3, 0.4) is 0 Å². The first-order valence-electron chi connectivity index (χ1n) is 19.8. The molecule has 0 fully saturated rings. The highest BCUT2D eigenvalue weighted by Crippen LogP contribution is 2.43. The van der Waals surface area contributed by atoms with Gasteiger partial charge in [-0.05, 0) is 115 Å². The van der Waals surface area contributed by atoms with Crippen LogP contribution in [0.5, 0.6) is 0 Å². The monoisotopic (exact) mass is 739 g/mol. The predicted molar refractivity (Wildman–Crippen MR) is 245 cm³/mol. The summed E-state index contributed by atoms with van der Waals surface area (Å²) >= 11 is 0. The summed E-state index contributed by atoms with van der Waals surface area (Å²) in [6.07, 6.45) is 0. The van der Waals surface area contributed by atoms with Crippen LogP contribution < -0.4 is 4.90 Å². The molecule has 0 aliphatic rings. The molecule has 58 heavy (non-hydrogen) atoms. The first-order valence-corrected chi connectivity index (χ1v) is 19.8. The minimum Gasteiger partial charge on any atom is -0.456 e. The predicted octanol–water partition coefficient (Wildman–Crippen LogP) is 16.0. The maximum Gasteiger partial charge on any atom is 0.136 e. The van der Waals surface area contributed by atoms with Crippen LogP contribution in [0.25, 0.3) is 88.0 Å². The Morgan fingerprint density at radius 1 is 0.293 bits per heavy atom. The lowest BCUT2D eigenvalue weighted by Gasteiger charge is -2.28. The van der Waals surface area contributed by atoms with Crippen molar-refractivity contribution in [2.45, 2.75) is 0 Å². The van der Waals surface area contributed by atoms with E-state index in [1.165, 1.54) is 71.4 Å². The van der Waals surface area contributed by atoms with E-state index in [0.29, 0.717) is 0 Å². The largest absolute Gasteiger partial charge is 0.456 e. The van der Waals surface area contributed by atoms with Gasteiger partial charge in [0.05, 0.1) is 5.69 Å². The second kappa shape index (κ2) is 14.1. The Balaban J connectivity index is 0.952. The number of hydrogen-bond donors (Lipinski definition) is 0. The molecule has 10 aromatic carbocycles. The minimum absolute atomic E-state index is 0.920. The van der Waals surface area contributed by atoms with Gasteiger partial charge in [-0.1, -0.05) is 170 Å². The van der Waals surface area contributed by atoms with E-state index in [4.69, 9.17) is 4.42 Å². The van der Waals surface area contributed by atoms with E-state index in [1.54, 1.807) is 0 Å². The van der Waals surface area contributed by atoms with Crippen LogP contribution in [0.15, 0.2) is 229 Å². The fourth-order valence-electron chi connectivity index (χ4n) is 8.51. The lowest BCUT2D eigenvalue weighted by atomic mass is 9.96. The summed E-state index contributed by atoms with van der Waals surface area (Å²) in [5.74, 6) is 0. The third-order valence-electron chi connectivity index (χ3n) is 11.5. The highest BCUT2D eigenvalue weighted by Gasteiger charge is 2.18. The van der Waals surface area contributed by atoms with Crippen molar-refractivity contribution in [3.8, 4) is 44.5 Å². The second-order valence-corrected chi connectivity index (χ2v) is 14.9. The molecule has 0 aliphatic carbocycles. The van der Waals surface area contributed by atoms with Gasteiger partial charge >= 0.3 is 0 Å². The Morgan fingerprint density at radius 3 is 1.55 bits per heavy atom. The van der Waals surface area contributed by atoms with Crippen molar-refractivity contribution >= 4 is 60.5 Å². The molecule has 0 N–H and O–H groups in total. The molecule has 11 rings (SSSR count). The maximum absolute atomic E-state index is 6.20. The first kappa shape index (κ1) is 33.6. The number of anilines is 3. The third-order valence-corrected chi connectivity index (χ3v) is 11.5. The number of benzene rings is 10. The lowest BCUT2D eigenvalue weighted by molar-refractivity contribution is 0.669. The van der Waals surface area contributed by atoms with Crippen LogP contribution in [0.1, 0.15) is 0 Å². The SMILES string of the molecule is c1ccc(-c2ccc(N(c3ccc(-c4ccc(-c5ccc6ccc7oc8ccccc8c7c6c5)cc4)cc3)c3ccccc3-c3ccc4ccccc4c3)cc2)cc1. The highest BCUT2D eigenvalue weighted by atomic mass is 16.3. The van der Waals surface area contributed by atoms with E-state index >= 15 is 0 Å². The van der Waals surface area contributed by atoms with Crippen molar-refractivity contribution in [2.75, 3.05) is 4.90 Å². The van der Waals surface area contributed by atoms with E-state index in [0.717, 1.165) is 33.6 Å². The van der Waals surface area contributed by atoms with Gasteiger partial charge in [0.1, 0.15) is 11.2 Å². The molecule has 1 aromatic heterocycles. The zero-order valence-corrected chi connectivity index (χ0v) is 31.7. The fourth-order valence-corrected chi connectivity index (χ4v) is 8.51. The molecule has 0 bridgehead atoms. The summed E-state index contributed by atoms with van der Waals surface area (Å²) in [6, 6.07) is 80.7. The van der Waals surface area contributed by atoms with E-state index in [-0.39, 0.29) is 0 Å². The highest BCUT2D eigenvalue weighted by molar-refractivity contribution is 6.19. The van der Waals surface area contributed by atoms with Crippen molar-refractivity contribution in [3.05, 3.63) is 224 Å². The number of furan rings is 1. The summed E-state index contributed by atoms with van der Waals surface area (Å²) in [7, 11) is 0. The molecule has 0 saturated carbocycles. The molecule has 2 nitrogen and oxygen atoms in total. The molecule has 0 unspecified atom stereocenters. The Hall–Kier alpha value is -7.68. The quantitative estimate of drug-likeness (QED) is 0.162. The van der Waals surface area contributed by atoms with Crippen molar-refractivity contribution in [1.29, 1.82) is 0 Å². The number of nitrogens with zero attached hydrogens (tertiary/aromatic N) is 1. The van der Waals surface area contributed by atoms with Crippen molar-refractivity contribution in [3.63, 3.8) is 0 Å². The van der Waals surface area contributed by atoms with Gasteiger partial charge in [-0.3, -0.25) is 0 Å². The Kier molecular flexibility index (Phi) is 8.19. The molecule has 0 atom stereocenters. The van der Waals surface area contributed by atoms with Crippen LogP contribution in [0.2, 0.25) is 0 Å². The standard InChI is InChI=1S/C56H37NO/c1-2-10-38(11-3-1)41-26-31-48(32-27-41)57(53-16-8-6-14-50(53)47-25-22-39-12-4-5-13-45(39)36-47)49-33-28-42(29-34-49)40-18-20-43(21-19-40)46-24-23-44-30-35-55-56(52(44)37-46)51-15-7-9-17-54(51)58-55/h1-37H. The molecule has 11 aromatic rings. The summed E-state index contributed by atoms with van der Waals surface area (Å²) in [5, 5.41) is 7.21. The maximum atomic E-state index is 6.20. The molecule has 0 amide bonds. The summed E-state index contributed by atoms with van der Waals surface area (Å²) in [6.45, 7) is 0. The first-order chi connectivity index (χ1) is 28.7. The molecular weight excluding hydrogens is 703 g/mol. The van der Waals surface area contributed by atoms with Gasteiger partial charge in [0, 0.05) is 27.7 Å². The molecule has 2 heteroatoms. The summed E-state index contributed by atoms with van der Waals surface area (Å²) in [4.78, 5) is 2.38. The van der Waals surface area contributed by atoms with Crippen LogP contribution in [-0.4, -0.2) is 0 Å².